The van der Waals surface area contributed by atoms with Gasteiger partial charge in [0, 0.05) is 12.6 Å². The summed E-state index contributed by atoms with van der Waals surface area (Å²) in [6.07, 6.45) is 3.41. The maximum Gasteiger partial charge on any atom is 0.243 e. The molecular weight excluding hydrogens is 267 g/mol. The van der Waals surface area contributed by atoms with Crippen molar-refractivity contribution in [2.24, 2.45) is 5.73 Å². The van der Waals surface area contributed by atoms with Crippen molar-refractivity contribution < 1.29 is 12.8 Å². The molecule has 2 N–H and O–H groups in total. The summed E-state index contributed by atoms with van der Waals surface area (Å²) < 4.78 is 39.8. The number of halogens is 1. The van der Waals surface area contributed by atoms with Gasteiger partial charge in [0.2, 0.25) is 10.0 Å². The zero-order valence-corrected chi connectivity index (χ0v) is 11.6. The van der Waals surface area contributed by atoms with Crippen molar-refractivity contribution >= 4 is 10.0 Å². The lowest BCUT2D eigenvalue weighted by Crippen LogP contribution is -2.45. The highest BCUT2D eigenvalue weighted by atomic mass is 32.2. The molecule has 0 radical (unpaired) electrons. The Morgan fingerprint density at radius 1 is 1.37 bits per heavy atom. The van der Waals surface area contributed by atoms with Gasteiger partial charge in [0.1, 0.15) is 5.82 Å². The molecule has 0 spiro atoms. The molecule has 1 saturated carbocycles. The smallest absolute Gasteiger partial charge is 0.243 e. The lowest BCUT2D eigenvalue weighted by Gasteiger charge is -2.36. The Hall–Kier alpha value is -0.980. The van der Waals surface area contributed by atoms with Crippen LogP contribution in [0.2, 0.25) is 0 Å². The summed E-state index contributed by atoms with van der Waals surface area (Å²) in [4.78, 5) is 0.0245. The van der Waals surface area contributed by atoms with E-state index in [1.165, 1.54) is 22.5 Å². The summed E-state index contributed by atoms with van der Waals surface area (Å²) in [7, 11) is -3.62. The number of nitrogens with two attached hydrogens (primary N) is 1. The molecule has 0 amide bonds. The molecule has 1 fully saturated rings. The second-order valence-electron chi connectivity index (χ2n) is 4.80. The van der Waals surface area contributed by atoms with Crippen LogP contribution in [0.15, 0.2) is 29.2 Å². The van der Waals surface area contributed by atoms with Gasteiger partial charge in [0.15, 0.2) is 0 Å². The van der Waals surface area contributed by atoms with Crippen molar-refractivity contribution in [2.45, 2.75) is 36.6 Å². The van der Waals surface area contributed by atoms with E-state index in [1.807, 2.05) is 0 Å². The molecule has 0 saturated heterocycles. The first-order valence-corrected chi connectivity index (χ1v) is 7.97. The molecule has 6 heteroatoms. The van der Waals surface area contributed by atoms with Gasteiger partial charge in [-0.3, -0.25) is 0 Å². The van der Waals surface area contributed by atoms with Crippen LogP contribution in [-0.2, 0) is 10.0 Å². The van der Waals surface area contributed by atoms with Crippen molar-refractivity contribution in [2.75, 3.05) is 13.1 Å². The highest BCUT2D eigenvalue weighted by Crippen LogP contribution is 2.30. The van der Waals surface area contributed by atoms with Crippen LogP contribution >= 0.6 is 0 Å². The number of sulfonamides is 1. The third-order valence-electron chi connectivity index (χ3n) is 3.47. The lowest BCUT2D eigenvalue weighted by atomic mass is 9.93. The zero-order chi connectivity index (χ0) is 13.9. The average Bonchev–Trinajstić information content (AvgIpc) is 2.31. The van der Waals surface area contributed by atoms with Gasteiger partial charge < -0.3 is 5.73 Å². The van der Waals surface area contributed by atoms with Crippen LogP contribution < -0.4 is 5.73 Å². The first kappa shape index (κ1) is 14.4. The minimum Gasteiger partial charge on any atom is -0.330 e. The van der Waals surface area contributed by atoms with E-state index < -0.39 is 15.8 Å². The molecule has 4 nitrogen and oxygen atoms in total. The molecule has 0 unspecified atom stereocenters. The van der Waals surface area contributed by atoms with Crippen molar-refractivity contribution in [1.29, 1.82) is 0 Å². The maximum atomic E-state index is 13.2. The van der Waals surface area contributed by atoms with Gasteiger partial charge in [-0.2, -0.15) is 4.31 Å². The van der Waals surface area contributed by atoms with Gasteiger partial charge >= 0.3 is 0 Å². The monoisotopic (exact) mass is 286 g/mol. The van der Waals surface area contributed by atoms with Gasteiger partial charge in [-0.1, -0.05) is 12.5 Å². The van der Waals surface area contributed by atoms with E-state index in [-0.39, 0.29) is 10.9 Å². The summed E-state index contributed by atoms with van der Waals surface area (Å²) in [5, 5.41) is 0. The number of rotatable bonds is 6. The average molecular weight is 286 g/mol. The highest BCUT2D eigenvalue weighted by Gasteiger charge is 2.34. The van der Waals surface area contributed by atoms with E-state index in [0.717, 1.165) is 25.3 Å². The first-order valence-electron chi connectivity index (χ1n) is 6.53. The van der Waals surface area contributed by atoms with Gasteiger partial charge in [-0.05, 0) is 44.0 Å². The Balaban J connectivity index is 2.27. The van der Waals surface area contributed by atoms with E-state index in [1.54, 1.807) is 0 Å². The van der Waals surface area contributed by atoms with E-state index >= 15 is 0 Å². The largest absolute Gasteiger partial charge is 0.330 e. The van der Waals surface area contributed by atoms with E-state index in [0.29, 0.717) is 19.5 Å². The maximum absolute atomic E-state index is 13.2. The molecule has 1 aliphatic rings. The third kappa shape index (κ3) is 3.13. The number of hydrogen-bond acceptors (Lipinski definition) is 3. The van der Waals surface area contributed by atoms with Crippen LogP contribution in [0.4, 0.5) is 4.39 Å². The number of nitrogens with zero attached hydrogens (tertiary/aromatic N) is 1. The van der Waals surface area contributed by atoms with E-state index in [9.17, 15) is 12.8 Å². The number of hydrogen-bond donors (Lipinski definition) is 1. The Morgan fingerprint density at radius 2 is 2.11 bits per heavy atom. The molecular formula is C13H19FN2O2S. The summed E-state index contributed by atoms with van der Waals surface area (Å²) in [5.41, 5.74) is 5.46. The Bertz CT molecular complexity index is 529. The second kappa shape index (κ2) is 5.98. The standard InChI is InChI=1S/C13H19FN2O2S/c14-11-4-1-7-13(10-11)19(17,18)16(9-3-8-15)12-5-2-6-12/h1,4,7,10,12H,2-3,5-6,8-9,15H2. The fraction of sp³-hybridized carbons (Fsp3) is 0.538. The second-order valence-corrected chi connectivity index (χ2v) is 6.69. The zero-order valence-electron chi connectivity index (χ0n) is 10.8. The Labute approximate surface area is 113 Å². The Kier molecular flexibility index (Phi) is 4.54. The molecule has 19 heavy (non-hydrogen) atoms. The molecule has 0 bridgehead atoms. The summed E-state index contributed by atoms with van der Waals surface area (Å²) >= 11 is 0. The molecule has 0 aromatic heterocycles. The topological polar surface area (TPSA) is 63.4 Å². The molecule has 2 rings (SSSR count). The van der Waals surface area contributed by atoms with Crippen molar-refractivity contribution in [3.63, 3.8) is 0 Å². The summed E-state index contributed by atoms with van der Waals surface area (Å²) in [6.45, 7) is 0.849. The van der Waals surface area contributed by atoms with Crippen molar-refractivity contribution in [3.8, 4) is 0 Å². The molecule has 1 aromatic rings. The number of benzene rings is 1. The summed E-state index contributed by atoms with van der Waals surface area (Å²) in [6, 6.07) is 5.21. The molecule has 0 aliphatic heterocycles. The van der Waals surface area contributed by atoms with Gasteiger partial charge in [-0.15, -0.1) is 0 Å². The van der Waals surface area contributed by atoms with Crippen LogP contribution in [-0.4, -0.2) is 31.9 Å². The minimum atomic E-state index is -3.62. The molecule has 106 valence electrons. The van der Waals surface area contributed by atoms with Crippen molar-refractivity contribution in [1.82, 2.24) is 4.31 Å². The van der Waals surface area contributed by atoms with Crippen LogP contribution in [0.25, 0.3) is 0 Å². The normalized spacial score (nSPS) is 16.6. The van der Waals surface area contributed by atoms with Gasteiger partial charge in [-0.25, -0.2) is 12.8 Å². The molecule has 0 heterocycles. The van der Waals surface area contributed by atoms with Crippen LogP contribution in [0.5, 0.6) is 0 Å². The fourth-order valence-corrected chi connectivity index (χ4v) is 3.94. The van der Waals surface area contributed by atoms with E-state index in [2.05, 4.69) is 0 Å². The predicted octanol–water partition coefficient (Wildman–Crippen LogP) is 1.72. The summed E-state index contributed by atoms with van der Waals surface area (Å²) in [5.74, 6) is -0.534. The minimum absolute atomic E-state index is 0.0245. The predicted molar refractivity (Wildman–Crippen MR) is 71.6 cm³/mol. The van der Waals surface area contributed by atoms with Crippen LogP contribution in [0.3, 0.4) is 0 Å². The molecule has 0 atom stereocenters. The van der Waals surface area contributed by atoms with Crippen LogP contribution in [0.1, 0.15) is 25.7 Å². The first-order chi connectivity index (χ1) is 9.05. The Morgan fingerprint density at radius 3 is 2.63 bits per heavy atom. The fourth-order valence-electron chi connectivity index (χ4n) is 2.18. The van der Waals surface area contributed by atoms with E-state index in [4.69, 9.17) is 5.73 Å². The third-order valence-corrected chi connectivity index (χ3v) is 5.42. The SMILES string of the molecule is NCCCN(C1CCC1)S(=O)(=O)c1cccc(F)c1. The highest BCUT2D eigenvalue weighted by molar-refractivity contribution is 7.89. The van der Waals surface area contributed by atoms with Crippen LogP contribution in [0, 0.1) is 5.82 Å². The molecule has 1 aliphatic carbocycles. The quantitative estimate of drug-likeness (QED) is 0.866. The van der Waals surface area contributed by atoms with Crippen molar-refractivity contribution in [3.05, 3.63) is 30.1 Å². The van der Waals surface area contributed by atoms with Gasteiger partial charge in [0.05, 0.1) is 4.90 Å². The van der Waals surface area contributed by atoms with Gasteiger partial charge in [0.25, 0.3) is 0 Å². The lowest BCUT2D eigenvalue weighted by molar-refractivity contribution is 0.218. The molecule has 1 aromatic carbocycles.